The van der Waals surface area contributed by atoms with Crippen molar-refractivity contribution in [1.29, 1.82) is 5.26 Å². The van der Waals surface area contributed by atoms with Crippen molar-refractivity contribution in [3.05, 3.63) is 64.2 Å². The Bertz CT molecular complexity index is 599. The van der Waals surface area contributed by atoms with Gasteiger partial charge in [0.05, 0.1) is 5.56 Å². The summed E-state index contributed by atoms with van der Waals surface area (Å²) < 4.78 is 5.66. The van der Waals surface area contributed by atoms with Crippen molar-refractivity contribution in [2.45, 2.75) is 20.0 Å². The van der Waals surface area contributed by atoms with Crippen molar-refractivity contribution in [3.8, 4) is 11.8 Å². The lowest BCUT2D eigenvalue weighted by Crippen LogP contribution is -1.97. The number of ether oxygens (including phenoxy) is 1. The molecule has 0 unspecified atom stereocenters. The van der Waals surface area contributed by atoms with Gasteiger partial charge in [-0.25, -0.2) is 0 Å². The van der Waals surface area contributed by atoms with Gasteiger partial charge in [0.2, 0.25) is 0 Å². The maximum absolute atomic E-state index is 9.00. The van der Waals surface area contributed by atoms with Gasteiger partial charge in [0, 0.05) is 11.1 Å². The Balaban J connectivity index is 2.09. The SMILES string of the molecule is CCc1ccc(COc2cc(Cl)ccc2C#N)cc1. The molecule has 0 N–H and O–H groups in total. The van der Waals surface area contributed by atoms with Crippen LogP contribution in [-0.2, 0) is 13.0 Å². The number of hydrogen-bond donors (Lipinski definition) is 0. The highest BCUT2D eigenvalue weighted by Gasteiger charge is 2.04. The number of benzene rings is 2. The van der Waals surface area contributed by atoms with E-state index in [1.165, 1.54) is 5.56 Å². The minimum atomic E-state index is 0.430. The van der Waals surface area contributed by atoms with Gasteiger partial charge in [-0.05, 0) is 29.7 Å². The Labute approximate surface area is 118 Å². The van der Waals surface area contributed by atoms with Crippen molar-refractivity contribution < 1.29 is 4.74 Å². The van der Waals surface area contributed by atoms with Gasteiger partial charge in [0.1, 0.15) is 18.4 Å². The summed E-state index contributed by atoms with van der Waals surface area (Å²) in [6.07, 6.45) is 1.02. The number of hydrogen-bond acceptors (Lipinski definition) is 2. The first kappa shape index (κ1) is 13.5. The fraction of sp³-hybridized carbons (Fsp3) is 0.188. The quantitative estimate of drug-likeness (QED) is 0.828. The molecule has 2 nitrogen and oxygen atoms in total. The van der Waals surface area contributed by atoms with E-state index in [0.717, 1.165) is 12.0 Å². The fourth-order valence-corrected chi connectivity index (χ4v) is 1.90. The molecule has 0 atom stereocenters. The summed E-state index contributed by atoms with van der Waals surface area (Å²) in [7, 11) is 0. The summed E-state index contributed by atoms with van der Waals surface area (Å²) in [5, 5.41) is 9.57. The number of nitrogens with zero attached hydrogens (tertiary/aromatic N) is 1. The van der Waals surface area contributed by atoms with Crippen LogP contribution in [0.2, 0.25) is 5.02 Å². The molecule has 0 saturated heterocycles. The smallest absolute Gasteiger partial charge is 0.139 e. The van der Waals surface area contributed by atoms with Crippen molar-refractivity contribution >= 4 is 11.6 Å². The van der Waals surface area contributed by atoms with Crippen LogP contribution in [0.15, 0.2) is 42.5 Å². The molecule has 19 heavy (non-hydrogen) atoms. The molecule has 0 aliphatic rings. The summed E-state index contributed by atoms with van der Waals surface area (Å²) in [6.45, 7) is 2.55. The summed E-state index contributed by atoms with van der Waals surface area (Å²) in [5.74, 6) is 0.523. The van der Waals surface area contributed by atoms with Crippen molar-refractivity contribution in [2.24, 2.45) is 0 Å². The van der Waals surface area contributed by atoms with E-state index < -0.39 is 0 Å². The Morgan fingerprint density at radius 1 is 1.11 bits per heavy atom. The maximum Gasteiger partial charge on any atom is 0.139 e. The average Bonchev–Trinajstić information content (AvgIpc) is 2.46. The Hall–Kier alpha value is -1.98. The van der Waals surface area contributed by atoms with Gasteiger partial charge < -0.3 is 4.74 Å². The molecule has 2 aromatic carbocycles. The minimum absolute atomic E-state index is 0.430. The van der Waals surface area contributed by atoms with Gasteiger partial charge >= 0.3 is 0 Å². The molecule has 0 saturated carbocycles. The molecule has 0 aliphatic carbocycles. The van der Waals surface area contributed by atoms with Gasteiger partial charge in [-0.2, -0.15) is 5.26 Å². The van der Waals surface area contributed by atoms with Gasteiger partial charge in [-0.15, -0.1) is 0 Å². The van der Waals surface area contributed by atoms with Crippen LogP contribution in [0.5, 0.6) is 5.75 Å². The average molecular weight is 272 g/mol. The highest BCUT2D eigenvalue weighted by Crippen LogP contribution is 2.23. The number of aryl methyl sites for hydroxylation is 1. The molecule has 0 fully saturated rings. The standard InChI is InChI=1S/C16H14ClNO/c1-2-12-3-5-13(6-4-12)11-19-16-9-15(17)8-7-14(16)10-18/h3-9H,2,11H2,1H3. The van der Waals surface area contributed by atoms with Gasteiger partial charge in [0.25, 0.3) is 0 Å². The van der Waals surface area contributed by atoms with Crippen LogP contribution in [0.3, 0.4) is 0 Å². The second-order valence-corrected chi connectivity index (χ2v) is 4.65. The zero-order chi connectivity index (χ0) is 13.7. The molecule has 96 valence electrons. The number of rotatable bonds is 4. The molecule has 2 aromatic rings. The maximum atomic E-state index is 9.00. The van der Waals surface area contributed by atoms with E-state index in [2.05, 4.69) is 25.1 Å². The lowest BCUT2D eigenvalue weighted by Gasteiger charge is -2.08. The molecule has 0 spiro atoms. The third kappa shape index (κ3) is 3.49. The molecule has 3 heteroatoms. The van der Waals surface area contributed by atoms with Crippen LogP contribution in [0.4, 0.5) is 0 Å². The van der Waals surface area contributed by atoms with E-state index >= 15 is 0 Å². The lowest BCUT2D eigenvalue weighted by atomic mass is 10.1. The van der Waals surface area contributed by atoms with Gasteiger partial charge in [-0.3, -0.25) is 0 Å². The highest BCUT2D eigenvalue weighted by molar-refractivity contribution is 6.30. The first-order valence-corrected chi connectivity index (χ1v) is 6.51. The van der Waals surface area contributed by atoms with Crippen molar-refractivity contribution in [3.63, 3.8) is 0 Å². The third-order valence-electron chi connectivity index (χ3n) is 2.89. The van der Waals surface area contributed by atoms with Crippen LogP contribution in [0.1, 0.15) is 23.6 Å². The zero-order valence-electron chi connectivity index (χ0n) is 10.7. The Morgan fingerprint density at radius 3 is 2.42 bits per heavy atom. The van der Waals surface area contributed by atoms with E-state index in [9.17, 15) is 0 Å². The summed E-state index contributed by atoms with van der Waals surface area (Å²) >= 11 is 5.91. The summed E-state index contributed by atoms with van der Waals surface area (Å²) in [5.41, 5.74) is 2.86. The van der Waals surface area contributed by atoms with E-state index in [1.54, 1.807) is 18.2 Å². The molecule has 2 rings (SSSR count). The first-order chi connectivity index (χ1) is 9.22. The van der Waals surface area contributed by atoms with Crippen LogP contribution >= 0.6 is 11.6 Å². The first-order valence-electron chi connectivity index (χ1n) is 6.13. The van der Waals surface area contributed by atoms with Crippen molar-refractivity contribution in [2.75, 3.05) is 0 Å². The largest absolute Gasteiger partial charge is 0.487 e. The predicted octanol–water partition coefficient (Wildman–Crippen LogP) is 4.35. The number of nitriles is 1. The normalized spacial score (nSPS) is 9.95. The minimum Gasteiger partial charge on any atom is -0.487 e. The van der Waals surface area contributed by atoms with Gasteiger partial charge in [-0.1, -0.05) is 42.8 Å². The molecule has 0 radical (unpaired) electrons. The Kier molecular flexibility index (Phi) is 4.43. The highest BCUT2D eigenvalue weighted by atomic mass is 35.5. The fourth-order valence-electron chi connectivity index (χ4n) is 1.74. The van der Waals surface area contributed by atoms with Crippen LogP contribution in [0.25, 0.3) is 0 Å². The zero-order valence-corrected chi connectivity index (χ0v) is 11.4. The molecule has 0 aromatic heterocycles. The van der Waals surface area contributed by atoms with E-state index in [1.807, 2.05) is 12.1 Å². The topological polar surface area (TPSA) is 33.0 Å². The van der Waals surface area contributed by atoms with Crippen LogP contribution in [0, 0.1) is 11.3 Å². The van der Waals surface area contributed by atoms with Gasteiger partial charge in [0.15, 0.2) is 0 Å². The summed E-state index contributed by atoms with van der Waals surface area (Å²) in [4.78, 5) is 0. The molecule has 0 aliphatic heterocycles. The van der Waals surface area contributed by atoms with Crippen molar-refractivity contribution in [1.82, 2.24) is 0 Å². The second kappa shape index (κ2) is 6.26. The molecular weight excluding hydrogens is 258 g/mol. The Morgan fingerprint density at radius 2 is 1.79 bits per heavy atom. The van der Waals surface area contributed by atoms with Crippen LogP contribution < -0.4 is 4.74 Å². The van der Waals surface area contributed by atoms with E-state index in [4.69, 9.17) is 21.6 Å². The lowest BCUT2D eigenvalue weighted by molar-refractivity contribution is 0.305. The second-order valence-electron chi connectivity index (χ2n) is 4.21. The van der Waals surface area contributed by atoms with E-state index in [-0.39, 0.29) is 0 Å². The van der Waals surface area contributed by atoms with Crippen LogP contribution in [-0.4, -0.2) is 0 Å². The number of halogens is 1. The molecular formula is C16H14ClNO. The molecule has 0 amide bonds. The third-order valence-corrected chi connectivity index (χ3v) is 3.12. The molecule has 0 heterocycles. The predicted molar refractivity (Wildman–Crippen MR) is 76.3 cm³/mol. The molecule has 0 bridgehead atoms. The van der Waals surface area contributed by atoms with E-state index in [0.29, 0.717) is 22.9 Å². The summed E-state index contributed by atoms with van der Waals surface area (Å²) in [6, 6.07) is 15.4. The monoisotopic (exact) mass is 271 g/mol.